The molecule has 1 N–H and O–H groups in total. The van der Waals surface area contributed by atoms with Crippen molar-refractivity contribution in [3.8, 4) is 0 Å². The van der Waals surface area contributed by atoms with Crippen LogP contribution in [0.15, 0.2) is 36.3 Å². The number of hydrazine groups is 1. The SMILES string of the molecule is CC(=O)N1CCN(C2=CN(NC(=O)Cc3cnc(Cl)c(Cl)c3)CC=C2)CC1. The number of nitrogens with one attached hydrogen (secondary N) is 1. The van der Waals surface area contributed by atoms with Crippen LogP contribution in [0.3, 0.4) is 0 Å². The van der Waals surface area contributed by atoms with E-state index in [1.165, 1.54) is 0 Å². The molecule has 7 nitrogen and oxygen atoms in total. The highest BCUT2D eigenvalue weighted by molar-refractivity contribution is 6.41. The van der Waals surface area contributed by atoms with Gasteiger partial charge in [0.05, 0.1) is 23.7 Å². The lowest BCUT2D eigenvalue weighted by atomic mass is 10.2. The van der Waals surface area contributed by atoms with Crippen molar-refractivity contribution in [3.05, 3.63) is 52.1 Å². The maximum absolute atomic E-state index is 12.3. The summed E-state index contributed by atoms with van der Waals surface area (Å²) < 4.78 is 0. The number of allylic oxidation sites excluding steroid dienone is 1. The lowest BCUT2D eigenvalue weighted by molar-refractivity contribution is -0.130. The molecule has 1 saturated heterocycles. The van der Waals surface area contributed by atoms with E-state index in [0.29, 0.717) is 30.2 Å². The summed E-state index contributed by atoms with van der Waals surface area (Å²) in [6.07, 6.45) is 7.64. The van der Waals surface area contributed by atoms with Gasteiger partial charge in [-0.1, -0.05) is 29.3 Å². The maximum Gasteiger partial charge on any atom is 0.242 e. The van der Waals surface area contributed by atoms with Crippen LogP contribution in [0.25, 0.3) is 0 Å². The predicted octanol–water partition coefficient (Wildman–Crippen LogP) is 1.84. The second-order valence-corrected chi connectivity index (χ2v) is 7.19. The first-order valence-corrected chi connectivity index (χ1v) is 9.43. The lowest BCUT2D eigenvalue weighted by Gasteiger charge is -2.37. The molecule has 2 aliphatic heterocycles. The second kappa shape index (κ2) is 8.63. The smallest absolute Gasteiger partial charge is 0.242 e. The number of pyridine rings is 1. The van der Waals surface area contributed by atoms with Crippen molar-refractivity contribution in [2.24, 2.45) is 0 Å². The molecule has 1 aromatic heterocycles. The number of halogens is 2. The highest BCUT2D eigenvalue weighted by Crippen LogP contribution is 2.20. The van der Waals surface area contributed by atoms with Gasteiger partial charge in [0.25, 0.3) is 0 Å². The summed E-state index contributed by atoms with van der Waals surface area (Å²) in [5.74, 6) is -0.0593. The Morgan fingerprint density at radius 1 is 1.22 bits per heavy atom. The number of hydrogen-bond donors (Lipinski definition) is 1. The molecule has 9 heteroatoms. The molecule has 27 heavy (non-hydrogen) atoms. The molecule has 0 aliphatic carbocycles. The Balaban J connectivity index is 1.56. The van der Waals surface area contributed by atoms with E-state index < -0.39 is 0 Å². The number of amides is 2. The topological polar surface area (TPSA) is 68.8 Å². The molecular weight excluding hydrogens is 389 g/mol. The third-order valence-corrected chi connectivity index (χ3v) is 5.14. The molecule has 0 aromatic carbocycles. The Morgan fingerprint density at radius 3 is 2.63 bits per heavy atom. The summed E-state index contributed by atoms with van der Waals surface area (Å²) in [4.78, 5) is 31.8. The largest absolute Gasteiger partial charge is 0.367 e. The molecule has 2 amide bonds. The van der Waals surface area contributed by atoms with E-state index >= 15 is 0 Å². The zero-order chi connectivity index (χ0) is 19.4. The van der Waals surface area contributed by atoms with Crippen molar-refractivity contribution < 1.29 is 9.59 Å². The van der Waals surface area contributed by atoms with Crippen molar-refractivity contribution in [2.75, 3.05) is 32.7 Å². The van der Waals surface area contributed by atoms with Gasteiger partial charge in [0.15, 0.2) is 0 Å². The van der Waals surface area contributed by atoms with E-state index in [9.17, 15) is 9.59 Å². The van der Waals surface area contributed by atoms with Crippen LogP contribution in [-0.2, 0) is 16.0 Å². The van der Waals surface area contributed by atoms with Crippen LogP contribution in [-0.4, -0.2) is 64.3 Å². The molecule has 0 spiro atoms. The first-order chi connectivity index (χ1) is 12.9. The Labute approximate surface area is 168 Å². The standard InChI is InChI=1S/C18H21Cl2N5O2/c1-13(26)23-5-7-24(8-6-23)15-3-2-4-25(12-15)22-17(27)10-14-9-16(19)18(20)21-11-14/h2-3,9,11-12H,4-8,10H2,1H3,(H,22,27). The number of piperazine rings is 1. The van der Waals surface area contributed by atoms with Gasteiger partial charge in [-0.05, 0) is 17.7 Å². The fourth-order valence-corrected chi connectivity index (χ4v) is 3.32. The Morgan fingerprint density at radius 2 is 1.96 bits per heavy atom. The number of hydrogen-bond acceptors (Lipinski definition) is 5. The highest BCUT2D eigenvalue weighted by atomic mass is 35.5. The quantitative estimate of drug-likeness (QED) is 0.768. The maximum atomic E-state index is 12.3. The molecule has 3 heterocycles. The second-order valence-electron chi connectivity index (χ2n) is 6.43. The summed E-state index contributed by atoms with van der Waals surface area (Å²) in [7, 11) is 0. The fraction of sp³-hybridized carbons (Fsp3) is 0.389. The van der Waals surface area contributed by atoms with Crippen molar-refractivity contribution >= 4 is 35.0 Å². The Kier molecular flexibility index (Phi) is 6.23. The Bertz CT molecular complexity index is 788. The summed E-state index contributed by atoms with van der Waals surface area (Å²) in [6, 6.07) is 1.64. The van der Waals surface area contributed by atoms with Crippen LogP contribution in [0, 0.1) is 0 Å². The number of aromatic nitrogens is 1. The zero-order valence-electron chi connectivity index (χ0n) is 15.0. The van der Waals surface area contributed by atoms with Crippen LogP contribution < -0.4 is 5.43 Å². The van der Waals surface area contributed by atoms with Crippen molar-refractivity contribution in [1.82, 2.24) is 25.2 Å². The van der Waals surface area contributed by atoms with Gasteiger partial charge in [-0.3, -0.25) is 20.0 Å². The summed E-state index contributed by atoms with van der Waals surface area (Å²) in [5.41, 5.74) is 4.58. The van der Waals surface area contributed by atoms with Gasteiger partial charge in [0.1, 0.15) is 5.15 Å². The summed E-state index contributed by atoms with van der Waals surface area (Å²) in [5, 5.41) is 2.30. The highest BCUT2D eigenvalue weighted by Gasteiger charge is 2.21. The fourth-order valence-electron chi connectivity index (χ4n) is 3.03. The third-order valence-electron chi connectivity index (χ3n) is 4.45. The molecule has 144 valence electrons. The zero-order valence-corrected chi connectivity index (χ0v) is 16.5. The van der Waals surface area contributed by atoms with Gasteiger partial charge in [-0.2, -0.15) is 0 Å². The van der Waals surface area contributed by atoms with Crippen LogP contribution in [0.2, 0.25) is 10.2 Å². The van der Waals surface area contributed by atoms with Crippen LogP contribution in [0.5, 0.6) is 0 Å². The minimum atomic E-state index is -0.164. The van der Waals surface area contributed by atoms with E-state index in [1.54, 1.807) is 24.2 Å². The monoisotopic (exact) mass is 409 g/mol. The van der Waals surface area contributed by atoms with Crippen LogP contribution >= 0.6 is 23.2 Å². The van der Waals surface area contributed by atoms with Crippen molar-refractivity contribution in [2.45, 2.75) is 13.3 Å². The minimum absolute atomic E-state index is 0.105. The molecule has 1 aromatic rings. The van der Waals surface area contributed by atoms with Gasteiger partial charge in [0.2, 0.25) is 11.8 Å². The molecule has 1 fully saturated rings. The normalized spacial score (nSPS) is 17.0. The van der Waals surface area contributed by atoms with Gasteiger partial charge >= 0.3 is 0 Å². The van der Waals surface area contributed by atoms with Gasteiger partial charge < -0.3 is 9.80 Å². The lowest BCUT2D eigenvalue weighted by Crippen LogP contribution is -2.48. The first kappa shape index (κ1) is 19.5. The van der Waals surface area contributed by atoms with Gasteiger partial charge in [-0.25, -0.2) is 4.98 Å². The number of carbonyl (C=O) groups is 2. The van der Waals surface area contributed by atoms with Crippen LogP contribution in [0.1, 0.15) is 12.5 Å². The Hall–Kier alpha value is -2.25. The van der Waals surface area contributed by atoms with Gasteiger partial charge in [-0.15, -0.1) is 0 Å². The van der Waals surface area contributed by atoms with E-state index in [2.05, 4.69) is 15.3 Å². The van der Waals surface area contributed by atoms with E-state index in [1.807, 2.05) is 23.3 Å². The van der Waals surface area contributed by atoms with E-state index in [0.717, 1.165) is 18.8 Å². The third kappa shape index (κ3) is 5.14. The average molecular weight is 410 g/mol. The molecular formula is C18H21Cl2N5O2. The first-order valence-electron chi connectivity index (χ1n) is 8.67. The number of nitrogens with zero attached hydrogens (tertiary/aromatic N) is 4. The average Bonchev–Trinajstić information content (AvgIpc) is 2.65. The van der Waals surface area contributed by atoms with Crippen LogP contribution in [0.4, 0.5) is 0 Å². The predicted molar refractivity (Wildman–Crippen MR) is 104 cm³/mol. The summed E-state index contributed by atoms with van der Waals surface area (Å²) in [6.45, 7) is 5.13. The summed E-state index contributed by atoms with van der Waals surface area (Å²) >= 11 is 11.7. The van der Waals surface area contributed by atoms with E-state index in [4.69, 9.17) is 23.2 Å². The van der Waals surface area contributed by atoms with E-state index in [-0.39, 0.29) is 23.4 Å². The van der Waals surface area contributed by atoms with Crippen molar-refractivity contribution in [3.63, 3.8) is 0 Å². The minimum Gasteiger partial charge on any atom is -0.367 e. The number of rotatable bonds is 4. The molecule has 0 radical (unpaired) electrons. The van der Waals surface area contributed by atoms with Gasteiger partial charge in [0, 0.05) is 45.5 Å². The molecule has 0 unspecified atom stereocenters. The molecule has 0 atom stereocenters. The molecule has 0 saturated carbocycles. The number of carbonyl (C=O) groups excluding carboxylic acids is 2. The van der Waals surface area contributed by atoms with Crippen molar-refractivity contribution in [1.29, 1.82) is 0 Å². The molecule has 3 rings (SSSR count). The molecule has 2 aliphatic rings. The molecule has 0 bridgehead atoms.